The third-order valence-corrected chi connectivity index (χ3v) is 11.5. The number of nitrogens with zero attached hydrogens (tertiary/aromatic N) is 5. The van der Waals surface area contributed by atoms with E-state index in [9.17, 15) is 0 Å². The lowest BCUT2D eigenvalue weighted by molar-refractivity contribution is 0.670. The summed E-state index contributed by atoms with van der Waals surface area (Å²) in [6, 6.07) is 61.4. The zero-order valence-corrected chi connectivity index (χ0v) is 31.5. The normalized spacial score (nSPS) is 11.7. The van der Waals surface area contributed by atoms with Crippen LogP contribution in [0.4, 0.5) is 0 Å². The average molecular weight is 754 g/mol. The highest BCUT2D eigenvalue weighted by Gasteiger charge is 2.21. The minimum Gasteiger partial charge on any atom is -0.455 e. The van der Waals surface area contributed by atoms with Gasteiger partial charge in [0.1, 0.15) is 22.6 Å². The van der Waals surface area contributed by atoms with E-state index in [4.69, 9.17) is 19.4 Å². The van der Waals surface area contributed by atoms with E-state index in [2.05, 4.69) is 137 Å². The Morgan fingerprint density at radius 1 is 0.288 bits per heavy atom. The van der Waals surface area contributed by atoms with Crippen molar-refractivity contribution in [3.63, 3.8) is 0 Å². The van der Waals surface area contributed by atoms with Crippen molar-refractivity contribution in [2.24, 2.45) is 0 Å². The summed E-state index contributed by atoms with van der Waals surface area (Å²) in [5, 5.41) is 11.5. The molecule has 0 atom stereocenters. The zero-order chi connectivity index (χ0) is 38.9. The van der Waals surface area contributed by atoms with Gasteiger partial charge < -0.3 is 4.42 Å². The second kappa shape index (κ2) is 13.3. The number of hydrogen-bond donors (Lipinski definition) is 0. The van der Waals surface area contributed by atoms with Gasteiger partial charge in [-0.2, -0.15) is 0 Å². The molecule has 0 amide bonds. The summed E-state index contributed by atoms with van der Waals surface area (Å²) >= 11 is 0. The number of fused-ring (bicyclic) bond motifs is 9. The Morgan fingerprint density at radius 2 is 0.746 bits per heavy atom. The Labute approximate surface area is 338 Å². The highest BCUT2D eigenvalue weighted by molar-refractivity contribution is 6.26. The number of aromatic nitrogens is 5. The molecule has 12 aromatic rings. The van der Waals surface area contributed by atoms with Crippen LogP contribution in [0.5, 0.6) is 0 Å². The van der Waals surface area contributed by atoms with Gasteiger partial charge in [-0.15, -0.1) is 0 Å². The van der Waals surface area contributed by atoms with Crippen LogP contribution in [0.3, 0.4) is 0 Å². The molecule has 0 radical (unpaired) electrons. The molecule has 0 saturated carbocycles. The molecule has 4 aromatic heterocycles. The van der Waals surface area contributed by atoms with Crippen molar-refractivity contribution in [1.82, 2.24) is 24.9 Å². The van der Waals surface area contributed by atoms with Crippen molar-refractivity contribution in [2.75, 3.05) is 0 Å². The van der Waals surface area contributed by atoms with Crippen LogP contribution in [0.2, 0.25) is 0 Å². The molecule has 0 fully saturated rings. The number of rotatable bonds is 5. The van der Waals surface area contributed by atoms with Crippen LogP contribution in [0.1, 0.15) is 0 Å². The number of para-hydroxylation sites is 2. The van der Waals surface area contributed by atoms with Crippen LogP contribution in [0, 0.1) is 0 Å². The Bertz CT molecular complexity index is 3560. The van der Waals surface area contributed by atoms with E-state index in [0.717, 1.165) is 60.5 Å². The third-order valence-electron chi connectivity index (χ3n) is 11.5. The van der Waals surface area contributed by atoms with Gasteiger partial charge in [0.05, 0.1) is 0 Å². The lowest BCUT2D eigenvalue weighted by atomic mass is 9.86. The molecule has 0 aliphatic heterocycles. The fourth-order valence-corrected chi connectivity index (χ4v) is 8.80. The predicted molar refractivity (Wildman–Crippen MR) is 240 cm³/mol. The molecular formula is C53H31N5O. The lowest BCUT2D eigenvalue weighted by Gasteiger charge is -2.18. The second-order valence-corrected chi connectivity index (χ2v) is 14.8. The molecule has 4 heterocycles. The Hall–Kier alpha value is -8.09. The van der Waals surface area contributed by atoms with E-state index in [1.54, 1.807) is 12.4 Å². The van der Waals surface area contributed by atoms with Crippen LogP contribution >= 0.6 is 0 Å². The zero-order valence-electron chi connectivity index (χ0n) is 31.5. The van der Waals surface area contributed by atoms with Crippen molar-refractivity contribution in [3.8, 4) is 56.7 Å². The molecule has 6 nitrogen and oxygen atoms in total. The number of hydrogen-bond acceptors (Lipinski definition) is 6. The second-order valence-electron chi connectivity index (χ2n) is 14.8. The monoisotopic (exact) mass is 753 g/mol. The topological polar surface area (TPSA) is 77.6 Å². The van der Waals surface area contributed by atoms with Gasteiger partial charge in [0.25, 0.3) is 0 Å². The summed E-state index contributed by atoms with van der Waals surface area (Å²) in [4.78, 5) is 24.0. The summed E-state index contributed by atoms with van der Waals surface area (Å²) in [6.07, 6.45) is 3.50. The van der Waals surface area contributed by atoms with E-state index in [-0.39, 0.29) is 0 Å². The molecule has 8 aromatic carbocycles. The fourth-order valence-electron chi connectivity index (χ4n) is 8.80. The molecule has 0 aliphatic rings. The van der Waals surface area contributed by atoms with Crippen molar-refractivity contribution >= 4 is 65.0 Å². The Morgan fingerprint density at radius 3 is 1.34 bits per heavy atom. The van der Waals surface area contributed by atoms with Gasteiger partial charge in [-0.3, -0.25) is 9.97 Å². The molecule has 0 saturated heterocycles. The first kappa shape index (κ1) is 33.1. The Balaban J connectivity index is 1.09. The molecule has 0 N–H and O–H groups in total. The van der Waals surface area contributed by atoms with Gasteiger partial charge in [0.2, 0.25) is 0 Å². The Kier molecular flexibility index (Phi) is 7.43. The molecule has 0 spiro atoms. The van der Waals surface area contributed by atoms with E-state index < -0.39 is 0 Å². The SMILES string of the molecule is c1ccc(-c2nc(-c3ccccn3)nc(-c3ccc(-c4cc5c6ccccc6c(-c6cccc7c6oc6ccccc67)cc5c5ccccc45)c4ccccc34)n2)nc1. The molecule has 59 heavy (non-hydrogen) atoms. The van der Waals surface area contributed by atoms with Gasteiger partial charge in [-0.05, 0) is 108 Å². The van der Waals surface area contributed by atoms with E-state index in [1.165, 1.54) is 32.3 Å². The minimum atomic E-state index is 0.493. The molecule has 274 valence electrons. The molecule has 0 unspecified atom stereocenters. The first-order valence-corrected chi connectivity index (χ1v) is 19.7. The van der Waals surface area contributed by atoms with E-state index in [0.29, 0.717) is 28.9 Å². The maximum Gasteiger partial charge on any atom is 0.182 e. The molecule has 12 rings (SSSR count). The standard InChI is InChI=1S/C53H31N5O/c1-2-15-33-32(14-1)38(26-27-42(33)51-56-52(47-23-9-11-28-54-47)58-53(57-51)48-24-10-12-29-55-48)43-30-45-37-19-6-4-17-35(37)44(31-46(45)36-18-5-3-16-34(36)43)41-22-13-21-40-39-20-7-8-25-49(39)59-50(40)41/h1-31H. The largest absolute Gasteiger partial charge is 0.455 e. The van der Waals surface area contributed by atoms with Crippen LogP contribution < -0.4 is 0 Å². The smallest absolute Gasteiger partial charge is 0.182 e. The highest BCUT2D eigenvalue weighted by atomic mass is 16.3. The molecule has 6 heteroatoms. The molecule has 0 bridgehead atoms. The van der Waals surface area contributed by atoms with Crippen LogP contribution in [0.25, 0.3) is 122 Å². The number of benzene rings is 8. The van der Waals surface area contributed by atoms with Gasteiger partial charge in [0, 0.05) is 34.3 Å². The summed E-state index contributed by atoms with van der Waals surface area (Å²) < 4.78 is 6.59. The predicted octanol–water partition coefficient (Wildman–Crippen LogP) is 13.5. The van der Waals surface area contributed by atoms with E-state index in [1.807, 2.05) is 48.5 Å². The van der Waals surface area contributed by atoms with Gasteiger partial charge in [0.15, 0.2) is 17.5 Å². The van der Waals surface area contributed by atoms with Crippen molar-refractivity contribution in [2.45, 2.75) is 0 Å². The first-order chi connectivity index (χ1) is 29.3. The van der Waals surface area contributed by atoms with Crippen LogP contribution in [0.15, 0.2) is 193 Å². The number of pyridine rings is 2. The third kappa shape index (κ3) is 5.31. The average Bonchev–Trinajstić information content (AvgIpc) is 3.70. The minimum absolute atomic E-state index is 0.493. The highest BCUT2D eigenvalue weighted by Crippen LogP contribution is 2.46. The fraction of sp³-hybridized carbons (Fsp3) is 0. The maximum absolute atomic E-state index is 6.59. The summed E-state index contributed by atoms with van der Waals surface area (Å²) in [7, 11) is 0. The maximum atomic E-state index is 6.59. The summed E-state index contributed by atoms with van der Waals surface area (Å²) in [5.41, 5.74) is 8.57. The van der Waals surface area contributed by atoms with Crippen LogP contribution in [-0.4, -0.2) is 24.9 Å². The van der Waals surface area contributed by atoms with Gasteiger partial charge in [-0.1, -0.05) is 127 Å². The first-order valence-electron chi connectivity index (χ1n) is 19.7. The summed E-state index contributed by atoms with van der Waals surface area (Å²) in [5.74, 6) is 1.55. The van der Waals surface area contributed by atoms with Crippen molar-refractivity contribution in [1.29, 1.82) is 0 Å². The quantitative estimate of drug-likeness (QED) is 0.163. The molecule has 0 aliphatic carbocycles. The van der Waals surface area contributed by atoms with Crippen LogP contribution in [-0.2, 0) is 0 Å². The summed E-state index contributed by atoms with van der Waals surface area (Å²) in [6.45, 7) is 0. The van der Waals surface area contributed by atoms with Crippen molar-refractivity contribution in [3.05, 3.63) is 188 Å². The molecular weight excluding hydrogens is 723 g/mol. The lowest BCUT2D eigenvalue weighted by Crippen LogP contribution is -2.02. The van der Waals surface area contributed by atoms with E-state index >= 15 is 0 Å². The van der Waals surface area contributed by atoms with Crippen molar-refractivity contribution < 1.29 is 4.42 Å². The van der Waals surface area contributed by atoms with Gasteiger partial charge >= 0.3 is 0 Å². The van der Waals surface area contributed by atoms with Gasteiger partial charge in [-0.25, -0.2) is 15.0 Å². The number of furan rings is 1.